The summed E-state index contributed by atoms with van der Waals surface area (Å²) in [6.07, 6.45) is 28.3. The fraction of sp³-hybridized carbons (Fsp3) is 0.875. The molecule has 0 saturated heterocycles. The lowest BCUT2D eigenvalue weighted by atomic mass is 10.0. The topological polar surface area (TPSA) is 26.3 Å². The summed E-state index contributed by atoms with van der Waals surface area (Å²) < 4.78 is 4.85. The van der Waals surface area contributed by atoms with Gasteiger partial charge in [0.25, 0.3) is 0 Å². The second-order valence-electron chi connectivity index (χ2n) is 7.60. The third-order valence-electron chi connectivity index (χ3n) is 5.01. The standard InChI is InChI=1S/C24H46O2/c1-3-5-6-7-8-9-10-11-12-13-14-15-16-17-18-19-20-21-22-23-24(25)26-4-2/h22-23H,3-21H2,1-2H3/b23-22+. The predicted molar refractivity (Wildman–Crippen MR) is 115 cm³/mol. The van der Waals surface area contributed by atoms with Crippen molar-refractivity contribution >= 4 is 5.97 Å². The van der Waals surface area contributed by atoms with Gasteiger partial charge in [0.05, 0.1) is 6.61 Å². The molecule has 0 aliphatic carbocycles. The van der Waals surface area contributed by atoms with Crippen LogP contribution in [0.2, 0.25) is 0 Å². The number of ether oxygens (including phenoxy) is 1. The van der Waals surface area contributed by atoms with Crippen molar-refractivity contribution in [3.8, 4) is 0 Å². The van der Waals surface area contributed by atoms with E-state index in [0.29, 0.717) is 6.61 Å². The second-order valence-corrected chi connectivity index (χ2v) is 7.60. The molecule has 0 heterocycles. The van der Waals surface area contributed by atoms with Crippen molar-refractivity contribution in [2.75, 3.05) is 6.61 Å². The van der Waals surface area contributed by atoms with E-state index < -0.39 is 0 Å². The van der Waals surface area contributed by atoms with Crippen LogP contribution in [0, 0.1) is 0 Å². The fourth-order valence-corrected chi connectivity index (χ4v) is 3.36. The number of esters is 1. The predicted octanol–water partition coefficient (Wildman–Crippen LogP) is 8.15. The van der Waals surface area contributed by atoms with Gasteiger partial charge in [0, 0.05) is 6.08 Å². The first-order valence-electron chi connectivity index (χ1n) is 11.6. The van der Waals surface area contributed by atoms with Gasteiger partial charge in [-0.25, -0.2) is 4.79 Å². The molecule has 0 radical (unpaired) electrons. The average molecular weight is 367 g/mol. The van der Waals surface area contributed by atoms with Crippen molar-refractivity contribution in [1.82, 2.24) is 0 Å². The normalized spacial score (nSPS) is 11.3. The van der Waals surface area contributed by atoms with E-state index in [1.807, 2.05) is 13.0 Å². The third-order valence-corrected chi connectivity index (χ3v) is 5.01. The molecule has 0 aliphatic heterocycles. The zero-order chi connectivity index (χ0) is 19.1. The number of hydrogen-bond donors (Lipinski definition) is 0. The van der Waals surface area contributed by atoms with Crippen molar-refractivity contribution in [2.45, 2.75) is 129 Å². The van der Waals surface area contributed by atoms with Crippen LogP contribution in [-0.2, 0) is 9.53 Å². The number of carbonyl (C=O) groups is 1. The SMILES string of the molecule is CCCCCCCCCCCCCCCCCCC/C=C/C(=O)OCC. The maximum atomic E-state index is 11.1. The minimum atomic E-state index is -0.209. The van der Waals surface area contributed by atoms with E-state index in [4.69, 9.17) is 4.74 Å². The Balaban J connectivity index is 3.08. The van der Waals surface area contributed by atoms with Gasteiger partial charge in [-0.1, -0.05) is 116 Å². The first kappa shape index (κ1) is 25.2. The molecule has 0 aromatic carbocycles. The van der Waals surface area contributed by atoms with Crippen molar-refractivity contribution < 1.29 is 9.53 Å². The molecule has 0 spiro atoms. The number of unbranched alkanes of at least 4 members (excludes halogenated alkanes) is 17. The van der Waals surface area contributed by atoms with Gasteiger partial charge >= 0.3 is 5.97 Å². The maximum absolute atomic E-state index is 11.1. The molecule has 154 valence electrons. The van der Waals surface area contributed by atoms with Gasteiger partial charge in [0.15, 0.2) is 0 Å². The van der Waals surface area contributed by atoms with Gasteiger partial charge in [-0.2, -0.15) is 0 Å². The molecule has 0 unspecified atom stereocenters. The Morgan fingerprint density at radius 3 is 1.38 bits per heavy atom. The molecule has 2 nitrogen and oxygen atoms in total. The van der Waals surface area contributed by atoms with Crippen LogP contribution in [0.5, 0.6) is 0 Å². The molecule has 0 aromatic heterocycles. The Labute approximate surface area is 164 Å². The summed E-state index contributed by atoms with van der Waals surface area (Å²) >= 11 is 0. The largest absolute Gasteiger partial charge is 0.463 e. The van der Waals surface area contributed by atoms with E-state index in [0.717, 1.165) is 6.42 Å². The summed E-state index contributed by atoms with van der Waals surface area (Å²) in [6, 6.07) is 0. The Hall–Kier alpha value is -0.790. The van der Waals surface area contributed by atoms with Crippen LogP contribution in [-0.4, -0.2) is 12.6 Å². The first-order chi connectivity index (χ1) is 12.8. The van der Waals surface area contributed by atoms with E-state index in [2.05, 4.69) is 6.92 Å². The quantitative estimate of drug-likeness (QED) is 0.123. The zero-order valence-electron chi connectivity index (χ0n) is 17.9. The van der Waals surface area contributed by atoms with Crippen LogP contribution in [0.1, 0.15) is 129 Å². The van der Waals surface area contributed by atoms with Crippen LogP contribution in [0.25, 0.3) is 0 Å². The van der Waals surface area contributed by atoms with E-state index in [9.17, 15) is 4.79 Å². The molecule has 0 atom stereocenters. The molecule has 0 amide bonds. The Bertz CT molecular complexity index is 309. The van der Waals surface area contributed by atoms with Crippen LogP contribution in [0.15, 0.2) is 12.2 Å². The maximum Gasteiger partial charge on any atom is 0.330 e. The number of carbonyl (C=O) groups excluding carboxylic acids is 1. The van der Waals surface area contributed by atoms with Gasteiger partial charge in [0.2, 0.25) is 0 Å². The lowest BCUT2D eigenvalue weighted by Crippen LogP contribution is -1.98. The van der Waals surface area contributed by atoms with Gasteiger partial charge in [-0.05, 0) is 19.8 Å². The second kappa shape index (κ2) is 22.3. The molecule has 26 heavy (non-hydrogen) atoms. The third kappa shape index (κ3) is 21.3. The molecule has 0 rings (SSSR count). The van der Waals surface area contributed by atoms with Gasteiger partial charge in [0.1, 0.15) is 0 Å². The number of rotatable bonds is 20. The van der Waals surface area contributed by atoms with Gasteiger partial charge in [-0.15, -0.1) is 0 Å². The average Bonchev–Trinajstić information content (AvgIpc) is 2.64. The highest BCUT2D eigenvalue weighted by atomic mass is 16.5. The summed E-state index contributed by atoms with van der Waals surface area (Å²) in [5, 5.41) is 0. The molecular formula is C24H46O2. The molecule has 0 fully saturated rings. The monoisotopic (exact) mass is 366 g/mol. The zero-order valence-corrected chi connectivity index (χ0v) is 17.9. The summed E-state index contributed by atoms with van der Waals surface area (Å²) in [6.45, 7) is 4.58. The van der Waals surface area contributed by atoms with Crippen molar-refractivity contribution in [1.29, 1.82) is 0 Å². The summed E-state index contributed by atoms with van der Waals surface area (Å²) in [5.41, 5.74) is 0. The van der Waals surface area contributed by atoms with Crippen LogP contribution in [0.4, 0.5) is 0 Å². The molecule has 2 heteroatoms. The van der Waals surface area contributed by atoms with E-state index in [1.165, 1.54) is 109 Å². The molecule has 0 bridgehead atoms. The van der Waals surface area contributed by atoms with E-state index in [1.54, 1.807) is 6.08 Å². The van der Waals surface area contributed by atoms with Gasteiger partial charge < -0.3 is 4.74 Å². The highest BCUT2D eigenvalue weighted by molar-refractivity contribution is 5.81. The first-order valence-corrected chi connectivity index (χ1v) is 11.6. The van der Waals surface area contributed by atoms with Crippen LogP contribution >= 0.6 is 0 Å². The Morgan fingerprint density at radius 1 is 0.615 bits per heavy atom. The Kier molecular flexibility index (Phi) is 21.6. The minimum Gasteiger partial charge on any atom is -0.463 e. The number of allylic oxidation sites excluding steroid dienone is 1. The molecule has 0 aromatic rings. The van der Waals surface area contributed by atoms with E-state index in [-0.39, 0.29) is 5.97 Å². The van der Waals surface area contributed by atoms with Crippen molar-refractivity contribution in [3.05, 3.63) is 12.2 Å². The highest BCUT2D eigenvalue weighted by Gasteiger charge is 1.95. The summed E-state index contributed by atoms with van der Waals surface area (Å²) in [7, 11) is 0. The highest BCUT2D eigenvalue weighted by Crippen LogP contribution is 2.14. The Morgan fingerprint density at radius 2 is 1.00 bits per heavy atom. The molecule has 0 aliphatic rings. The van der Waals surface area contributed by atoms with E-state index >= 15 is 0 Å². The fourth-order valence-electron chi connectivity index (χ4n) is 3.36. The minimum absolute atomic E-state index is 0.209. The molecular weight excluding hydrogens is 320 g/mol. The van der Waals surface area contributed by atoms with Crippen LogP contribution < -0.4 is 0 Å². The van der Waals surface area contributed by atoms with Crippen molar-refractivity contribution in [2.24, 2.45) is 0 Å². The molecule has 0 saturated carbocycles. The van der Waals surface area contributed by atoms with Gasteiger partial charge in [-0.3, -0.25) is 0 Å². The lowest BCUT2D eigenvalue weighted by Gasteiger charge is -2.03. The summed E-state index contributed by atoms with van der Waals surface area (Å²) in [5.74, 6) is -0.209. The van der Waals surface area contributed by atoms with Crippen LogP contribution in [0.3, 0.4) is 0 Å². The summed E-state index contributed by atoms with van der Waals surface area (Å²) in [4.78, 5) is 11.1. The molecule has 0 N–H and O–H groups in total. The number of hydrogen-bond acceptors (Lipinski definition) is 2. The van der Waals surface area contributed by atoms with Crippen molar-refractivity contribution in [3.63, 3.8) is 0 Å². The smallest absolute Gasteiger partial charge is 0.330 e. The lowest BCUT2D eigenvalue weighted by molar-refractivity contribution is -0.137.